The summed E-state index contributed by atoms with van der Waals surface area (Å²) in [7, 11) is 1.61. The van der Waals surface area contributed by atoms with Crippen LogP contribution in [0.1, 0.15) is 19.4 Å². The second kappa shape index (κ2) is 7.37. The molecule has 1 rings (SSSR count). The summed E-state index contributed by atoms with van der Waals surface area (Å²) in [5, 5.41) is 2.69. The van der Waals surface area contributed by atoms with Crippen LogP contribution in [0, 0.1) is 0 Å². The Morgan fingerprint density at radius 1 is 1.39 bits per heavy atom. The van der Waals surface area contributed by atoms with Gasteiger partial charge >= 0.3 is 0 Å². The Labute approximate surface area is 108 Å². The van der Waals surface area contributed by atoms with Gasteiger partial charge in [0.15, 0.2) is 11.5 Å². The maximum Gasteiger partial charge on any atom is 0.217 e. The average molecular weight is 249 g/mol. The monoisotopic (exact) mass is 249 g/mol. The number of benzene rings is 1. The molecule has 18 heavy (non-hydrogen) atoms. The van der Waals surface area contributed by atoms with Crippen LogP contribution in [0.3, 0.4) is 0 Å². The molecule has 0 aliphatic heterocycles. The Morgan fingerprint density at radius 3 is 2.78 bits per heavy atom. The molecule has 0 bridgehead atoms. The SMILES string of the molecule is CCOc1ccc(C=CCNC(C)=O)cc1OC. The fraction of sp³-hybridized carbons (Fsp3) is 0.357. The van der Waals surface area contributed by atoms with E-state index < -0.39 is 0 Å². The van der Waals surface area contributed by atoms with E-state index in [0.717, 1.165) is 11.3 Å². The van der Waals surface area contributed by atoms with Crippen molar-refractivity contribution < 1.29 is 14.3 Å². The van der Waals surface area contributed by atoms with E-state index in [1.807, 2.05) is 37.3 Å². The number of nitrogens with one attached hydrogen (secondary N) is 1. The van der Waals surface area contributed by atoms with Crippen LogP contribution in [0.25, 0.3) is 6.08 Å². The Morgan fingerprint density at radius 2 is 2.17 bits per heavy atom. The molecule has 0 aromatic heterocycles. The molecular formula is C14H19NO3. The van der Waals surface area contributed by atoms with Crippen LogP contribution in [0.2, 0.25) is 0 Å². The van der Waals surface area contributed by atoms with Gasteiger partial charge in [0.25, 0.3) is 0 Å². The van der Waals surface area contributed by atoms with Crippen LogP contribution in [-0.4, -0.2) is 26.2 Å². The van der Waals surface area contributed by atoms with E-state index in [-0.39, 0.29) is 5.91 Å². The van der Waals surface area contributed by atoms with Gasteiger partial charge < -0.3 is 14.8 Å². The van der Waals surface area contributed by atoms with E-state index in [4.69, 9.17) is 9.47 Å². The Balaban J connectivity index is 2.69. The van der Waals surface area contributed by atoms with Crippen molar-refractivity contribution in [3.05, 3.63) is 29.8 Å². The lowest BCUT2D eigenvalue weighted by atomic mass is 10.2. The largest absolute Gasteiger partial charge is 0.493 e. The summed E-state index contributed by atoms with van der Waals surface area (Å²) >= 11 is 0. The first-order chi connectivity index (χ1) is 8.67. The van der Waals surface area contributed by atoms with Gasteiger partial charge in [-0.25, -0.2) is 0 Å². The number of rotatable bonds is 6. The van der Waals surface area contributed by atoms with Gasteiger partial charge in [-0.3, -0.25) is 4.79 Å². The molecule has 1 aromatic carbocycles. The number of ether oxygens (including phenoxy) is 2. The molecule has 0 spiro atoms. The van der Waals surface area contributed by atoms with Crippen LogP contribution in [0.15, 0.2) is 24.3 Å². The summed E-state index contributed by atoms with van der Waals surface area (Å²) in [5.41, 5.74) is 1.00. The normalized spacial score (nSPS) is 10.4. The average Bonchev–Trinajstić information content (AvgIpc) is 2.36. The fourth-order valence-electron chi connectivity index (χ4n) is 1.46. The van der Waals surface area contributed by atoms with E-state index in [1.165, 1.54) is 6.92 Å². The van der Waals surface area contributed by atoms with Gasteiger partial charge in [-0.1, -0.05) is 18.2 Å². The summed E-state index contributed by atoms with van der Waals surface area (Å²) in [6.45, 7) is 4.55. The number of carbonyl (C=O) groups excluding carboxylic acids is 1. The second-order valence-corrected chi connectivity index (χ2v) is 3.68. The fourth-order valence-corrected chi connectivity index (χ4v) is 1.46. The van der Waals surface area contributed by atoms with Crippen molar-refractivity contribution in [1.29, 1.82) is 0 Å². The van der Waals surface area contributed by atoms with Crippen LogP contribution in [-0.2, 0) is 4.79 Å². The minimum absolute atomic E-state index is 0.0380. The summed E-state index contributed by atoms with van der Waals surface area (Å²) in [5.74, 6) is 1.40. The van der Waals surface area contributed by atoms with Crippen LogP contribution < -0.4 is 14.8 Å². The first kappa shape index (κ1) is 14.1. The Kier molecular flexibility index (Phi) is 5.77. The van der Waals surface area contributed by atoms with Crippen molar-refractivity contribution in [2.75, 3.05) is 20.3 Å². The molecule has 0 saturated carbocycles. The van der Waals surface area contributed by atoms with Crippen LogP contribution >= 0.6 is 0 Å². The third kappa shape index (κ3) is 4.49. The highest BCUT2D eigenvalue weighted by Gasteiger charge is 2.03. The van der Waals surface area contributed by atoms with E-state index >= 15 is 0 Å². The van der Waals surface area contributed by atoms with E-state index in [9.17, 15) is 4.79 Å². The molecule has 0 aliphatic rings. The highest BCUT2D eigenvalue weighted by molar-refractivity contribution is 5.73. The molecule has 0 radical (unpaired) electrons. The highest BCUT2D eigenvalue weighted by Crippen LogP contribution is 2.28. The predicted molar refractivity (Wildman–Crippen MR) is 71.9 cm³/mol. The third-order valence-corrected chi connectivity index (χ3v) is 2.27. The van der Waals surface area contributed by atoms with Crippen LogP contribution in [0.5, 0.6) is 11.5 Å². The van der Waals surface area contributed by atoms with E-state index in [1.54, 1.807) is 7.11 Å². The highest BCUT2D eigenvalue weighted by atomic mass is 16.5. The number of carbonyl (C=O) groups is 1. The summed E-state index contributed by atoms with van der Waals surface area (Å²) in [4.78, 5) is 10.7. The van der Waals surface area contributed by atoms with Crippen molar-refractivity contribution in [2.24, 2.45) is 0 Å². The first-order valence-corrected chi connectivity index (χ1v) is 5.89. The Hall–Kier alpha value is -1.97. The zero-order valence-electron chi connectivity index (χ0n) is 11.0. The number of methoxy groups -OCH3 is 1. The van der Waals surface area contributed by atoms with Gasteiger partial charge in [0.2, 0.25) is 5.91 Å². The summed E-state index contributed by atoms with van der Waals surface area (Å²) < 4.78 is 10.7. The van der Waals surface area contributed by atoms with Gasteiger partial charge in [0.05, 0.1) is 13.7 Å². The van der Waals surface area contributed by atoms with Crippen molar-refractivity contribution >= 4 is 12.0 Å². The molecular weight excluding hydrogens is 230 g/mol. The maximum absolute atomic E-state index is 10.7. The zero-order chi connectivity index (χ0) is 13.4. The molecule has 0 aliphatic carbocycles. The predicted octanol–water partition coefficient (Wildman–Crippen LogP) is 2.24. The molecule has 0 unspecified atom stereocenters. The van der Waals surface area contributed by atoms with Gasteiger partial charge in [0.1, 0.15) is 0 Å². The lowest BCUT2D eigenvalue weighted by Gasteiger charge is -2.09. The standard InChI is InChI=1S/C14H19NO3/c1-4-18-13-8-7-12(10-14(13)17-3)6-5-9-15-11(2)16/h5-8,10H,4,9H2,1-3H3,(H,15,16). The second-order valence-electron chi connectivity index (χ2n) is 3.68. The summed E-state index contributed by atoms with van der Waals surface area (Å²) in [6.07, 6.45) is 3.81. The molecule has 1 N–H and O–H groups in total. The number of hydrogen-bond acceptors (Lipinski definition) is 3. The van der Waals surface area contributed by atoms with Crippen LogP contribution in [0.4, 0.5) is 0 Å². The van der Waals surface area contributed by atoms with Crippen molar-refractivity contribution in [3.8, 4) is 11.5 Å². The molecule has 1 amide bonds. The molecule has 0 fully saturated rings. The molecule has 0 saturated heterocycles. The molecule has 98 valence electrons. The van der Waals surface area contributed by atoms with Gasteiger partial charge in [-0.15, -0.1) is 0 Å². The minimum Gasteiger partial charge on any atom is -0.493 e. The van der Waals surface area contributed by atoms with Gasteiger partial charge in [-0.05, 0) is 24.6 Å². The third-order valence-electron chi connectivity index (χ3n) is 2.27. The van der Waals surface area contributed by atoms with Gasteiger partial charge in [0, 0.05) is 13.5 Å². The van der Waals surface area contributed by atoms with Crippen molar-refractivity contribution in [3.63, 3.8) is 0 Å². The maximum atomic E-state index is 10.7. The lowest BCUT2D eigenvalue weighted by molar-refractivity contribution is -0.118. The zero-order valence-corrected chi connectivity index (χ0v) is 11.0. The topological polar surface area (TPSA) is 47.6 Å². The number of hydrogen-bond donors (Lipinski definition) is 1. The molecule has 4 heteroatoms. The number of amides is 1. The molecule has 4 nitrogen and oxygen atoms in total. The van der Waals surface area contributed by atoms with Crippen molar-refractivity contribution in [1.82, 2.24) is 5.32 Å². The first-order valence-electron chi connectivity index (χ1n) is 5.89. The van der Waals surface area contributed by atoms with E-state index in [2.05, 4.69) is 5.32 Å². The molecule has 0 atom stereocenters. The van der Waals surface area contributed by atoms with Crippen molar-refractivity contribution in [2.45, 2.75) is 13.8 Å². The summed E-state index contributed by atoms with van der Waals surface area (Å²) in [6, 6.07) is 5.72. The molecule has 1 aromatic rings. The van der Waals surface area contributed by atoms with Gasteiger partial charge in [-0.2, -0.15) is 0 Å². The van der Waals surface area contributed by atoms with E-state index in [0.29, 0.717) is 18.9 Å². The smallest absolute Gasteiger partial charge is 0.217 e. The quantitative estimate of drug-likeness (QED) is 0.841. The molecule has 0 heterocycles. The minimum atomic E-state index is -0.0380. The Bertz CT molecular complexity index is 427. The lowest BCUT2D eigenvalue weighted by Crippen LogP contribution is -2.19.